The zero-order chi connectivity index (χ0) is 12.9. The molecule has 0 aromatic heterocycles. The van der Waals surface area contributed by atoms with Gasteiger partial charge in [-0.25, -0.2) is 4.39 Å². The molecule has 1 aromatic carbocycles. The molecule has 0 spiro atoms. The summed E-state index contributed by atoms with van der Waals surface area (Å²) in [4.78, 5) is 13.6. The second-order valence-electron chi connectivity index (χ2n) is 5.27. The van der Waals surface area contributed by atoms with Crippen LogP contribution in [0.2, 0.25) is 0 Å². The van der Waals surface area contributed by atoms with Crippen LogP contribution in [0.25, 0.3) is 0 Å². The SMILES string of the molecule is Nc1ccc(F)cc1C(=O)N1CC(O)(C2CC2)C1. The van der Waals surface area contributed by atoms with Gasteiger partial charge in [0.25, 0.3) is 5.91 Å². The predicted molar refractivity (Wildman–Crippen MR) is 64.4 cm³/mol. The highest BCUT2D eigenvalue weighted by molar-refractivity contribution is 5.99. The molecule has 96 valence electrons. The van der Waals surface area contributed by atoms with E-state index in [1.54, 1.807) is 0 Å². The van der Waals surface area contributed by atoms with Crippen LogP contribution < -0.4 is 5.73 Å². The number of nitrogens with zero attached hydrogens (tertiary/aromatic N) is 1. The van der Waals surface area contributed by atoms with Gasteiger partial charge in [0, 0.05) is 5.69 Å². The number of benzene rings is 1. The van der Waals surface area contributed by atoms with Crippen LogP contribution in [-0.4, -0.2) is 34.6 Å². The van der Waals surface area contributed by atoms with Crippen LogP contribution in [-0.2, 0) is 0 Å². The minimum Gasteiger partial charge on any atom is -0.398 e. The van der Waals surface area contributed by atoms with Crippen LogP contribution in [0, 0.1) is 11.7 Å². The maximum Gasteiger partial charge on any atom is 0.256 e. The van der Waals surface area contributed by atoms with E-state index < -0.39 is 11.4 Å². The van der Waals surface area contributed by atoms with E-state index in [1.807, 2.05) is 0 Å². The molecular formula is C13H15FN2O2. The molecule has 2 aliphatic rings. The maximum atomic E-state index is 13.1. The Morgan fingerprint density at radius 1 is 1.44 bits per heavy atom. The molecule has 2 fully saturated rings. The van der Waals surface area contributed by atoms with Crippen molar-refractivity contribution in [2.45, 2.75) is 18.4 Å². The Labute approximate surface area is 104 Å². The van der Waals surface area contributed by atoms with E-state index in [0.29, 0.717) is 19.0 Å². The van der Waals surface area contributed by atoms with Gasteiger partial charge in [-0.2, -0.15) is 0 Å². The highest BCUT2D eigenvalue weighted by Gasteiger charge is 2.53. The number of β-amino-alcohol motifs (C(OH)–C–C–N with tert-alkyl or cyclic N) is 1. The van der Waals surface area contributed by atoms with Crippen molar-refractivity contribution in [3.8, 4) is 0 Å². The highest BCUT2D eigenvalue weighted by Crippen LogP contribution is 2.44. The number of aliphatic hydroxyl groups is 1. The third-order valence-electron chi connectivity index (χ3n) is 3.80. The van der Waals surface area contributed by atoms with Crippen molar-refractivity contribution in [3.05, 3.63) is 29.6 Å². The van der Waals surface area contributed by atoms with Gasteiger partial charge in [0.15, 0.2) is 0 Å². The van der Waals surface area contributed by atoms with E-state index >= 15 is 0 Å². The number of anilines is 1. The summed E-state index contributed by atoms with van der Waals surface area (Å²) >= 11 is 0. The summed E-state index contributed by atoms with van der Waals surface area (Å²) in [5.41, 5.74) is 5.39. The molecular weight excluding hydrogens is 235 g/mol. The van der Waals surface area contributed by atoms with E-state index in [2.05, 4.69) is 0 Å². The highest BCUT2D eigenvalue weighted by atomic mass is 19.1. The lowest BCUT2D eigenvalue weighted by Gasteiger charge is -2.47. The molecule has 1 amide bonds. The minimum atomic E-state index is -0.724. The lowest BCUT2D eigenvalue weighted by Crippen LogP contribution is -2.64. The Balaban J connectivity index is 1.74. The zero-order valence-electron chi connectivity index (χ0n) is 9.90. The van der Waals surface area contributed by atoms with Crippen molar-refractivity contribution in [2.75, 3.05) is 18.8 Å². The standard InChI is InChI=1S/C13H15FN2O2/c14-9-3-4-11(15)10(5-9)12(17)16-6-13(18,7-16)8-1-2-8/h3-5,8,18H,1-2,6-7,15H2. The Kier molecular flexibility index (Phi) is 2.35. The molecule has 0 radical (unpaired) electrons. The monoisotopic (exact) mass is 250 g/mol. The molecule has 0 unspecified atom stereocenters. The van der Waals surface area contributed by atoms with Crippen molar-refractivity contribution in [3.63, 3.8) is 0 Å². The van der Waals surface area contributed by atoms with Gasteiger partial charge in [-0.05, 0) is 37.0 Å². The number of carbonyl (C=O) groups is 1. The summed E-state index contributed by atoms with van der Waals surface area (Å²) in [6.45, 7) is 0.652. The molecule has 18 heavy (non-hydrogen) atoms. The smallest absolute Gasteiger partial charge is 0.256 e. The van der Waals surface area contributed by atoms with Gasteiger partial charge in [0.2, 0.25) is 0 Å². The molecule has 3 rings (SSSR count). The number of halogens is 1. The molecule has 1 aliphatic heterocycles. The number of amides is 1. The summed E-state index contributed by atoms with van der Waals surface area (Å²) in [5, 5.41) is 10.1. The number of carbonyl (C=O) groups excluding carboxylic acids is 1. The molecule has 1 aromatic rings. The van der Waals surface area contributed by atoms with Crippen molar-refractivity contribution in [1.29, 1.82) is 0 Å². The fraction of sp³-hybridized carbons (Fsp3) is 0.462. The molecule has 1 saturated carbocycles. The zero-order valence-corrected chi connectivity index (χ0v) is 9.90. The van der Waals surface area contributed by atoms with Crippen LogP contribution in [0.15, 0.2) is 18.2 Å². The van der Waals surface area contributed by atoms with Gasteiger partial charge >= 0.3 is 0 Å². The van der Waals surface area contributed by atoms with E-state index in [-0.39, 0.29) is 17.2 Å². The van der Waals surface area contributed by atoms with Gasteiger partial charge < -0.3 is 15.7 Å². The van der Waals surface area contributed by atoms with Crippen LogP contribution >= 0.6 is 0 Å². The molecule has 1 saturated heterocycles. The predicted octanol–water partition coefficient (Wildman–Crippen LogP) is 1.00. The Morgan fingerprint density at radius 3 is 2.72 bits per heavy atom. The van der Waals surface area contributed by atoms with Crippen molar-refractivity contribution < 1.29 is 14.3 Å². The van der Waals surface area contributed by atoms with Crippen LogP contribution in [0.3, 0.4) is 0 Å². The first-order valence-corrected chi connectivity index (χ1v) is 6.06. The molecule has 0 atom stereocenters. The molecule has 3 N–H and O–H groups in total. The fourth-order valence-corrected chi connectivity index (χ4v) is 2.52. The van der Waals surface area contributed by atoms with E-state index in [1.165, 1.54) is 17.0 Å². The number of nitrogens with two attached hydrogens (primary N) is 1. The third kappa shape index (κ3) is 1.75. The van der Waals surface area contributed by atoms with Gasteiger partial charge in [0.05, 0.1) is 18.7 Å². The molecule has 0 bridgehead atoms. The Bertz CT molecular complexity index is 508. The summed E-state index contributed by atoms with van der Waals surface area (Å²) in [6, 6.07) is 3.75. The first-order valence-electron chi connectivity index (χ1n) is 6.06. The summed E-state index contributed by atoms with van der Waals surface area (Å²) in [6.07, 6.45) is 2.06. The summed E-state index contributed by atoms with van der Waals surface area (Å²) in [5.74, 6) is -0.464. The van der Waals surface area contributed by atoms with Crippen molar-refractivity contribution in [2.24, 2.45) is 5.92 Å². The van der Waals surface area contributed by atoms with Gasteiger partial charge in [-0.3, -0.25) is 4.79 Å². The number of likely N-dealkylation sites (tertiary alicyclic amines) is 1. The third-order valence-corrected chi connectivity index (χ3v) is 3.80. The minimum absolute atomic E-state index is 0.174. The lowest BCUT2D eigenvalue weighted by molar-refractivity contribution is -0.0957. The molecule has 1 heterocycles. The average molecular weight is 250 g/mol. The maximum absolute atomic E-state index is 13.1. The van der Waals surface area contributed by atoms with Crippen LogP contribution in [0.1, 0.15) is 23.2 Å². The van der Waals surface area contributed by atoms with Crippen molar-refractivity contribution in [1.82, 2.24) is 4.90 Å². The fourth-order valence-electron chi connectivity index (χ4n) is 2.52. The van der Waals surface area contributed by atoms with Gasteiger partial charge in [-0.15, -0.1) is 0 Å². The Morgan fingerprint density at radius 2 is 2.11 bits per heavy atom. The van der Waals surface area contributed by atoms with Crippen molar-refractivity contribution >= 4 is 11.6 Å². The molecule has 5 heteroatoms. The average Bonchev–Trinajstić information content (AvgIpc) is 3.11. The van der Waals surface area contributed by atoms with Gasteiger partial charge in [0.1, 0.15) is 11.4 Å². The second-order valence-corrected chi connectivity index (χ2v) is 5.27. The molecule has 4 nitrogen and oxygen atoms in total. The topological polar surface area (TPSA) is 66.6 Å². The number of nitrogen functional groups attached to an aromatic ring is 1. The number of hydrogen-bond donors (Lipinski definition) is 2. The van der Waals surface area contributed by atoms with Crippen LogP contribution in [0.5, 0.6) is 0 Å². The summed E-state index contributed by atoms with van der Waals surface area (Å²) < 4.78 is 13.1. The summed E-state index contributed by atoms with van der Waals surface area (Å²) in [7, 11) is 0. The van der Waals surface area contributed by atoms with Crippen LogP contribution in [0.4, 0.5) is 10.1 Å². The molecule has 1 aliphatic carbocycles. The number of hydrogen-bond acceptors (Lipinski definition) is 3. The second kappa shape index (κ2) is 3.68. The first-order chi connectivity index (χ1) is 8.49. The largest absolute Gasteiger partial charge is 0.398 e. The quantitative estimate of drug-likeness (QED) is 0.770. The first kappa shape index (κ1) is 11.5. The Hall–Kier alpha value is -1.62. The van der Waals surface area contributed by atoms with Gasteiger partial charge in [-0.1, -0.05) is 0 Å². The number of rotatable bonds is 2. The van der Waals surface area contributed by atoms with E-state index in [4.69, 9.17) is 5.73 Å². The normalized spacial score (nSPS) is 21.6. The van der Waals surface area contributed by atoms with E-state index in [0.717, 1.165) is 18.9 Å². The lowest BCUT2D eigenvalue weighted by atomic mass is 9.88. The van der Waals surface area contributed by atoms with E-state index in [9.17, 15) is 14.3 Å².